The first-order valence-corrected chi connectivity index (χ1v) is 6.91. The van der Waals surface area contributed by atoms with Crippen LogP contribution in [0.3, 0.4) is 0 Å². The van der Waals surface area contributed by atoms with Gasteiger partial charge < -0.3 is 11.1 Å². The van der Waals surface area contributed by atoms with Crippen LogP contribution in [-0.2, 0) is 6.54 Å². The van der Waals surface area contributed by atoms with Gasteiger partial charge in [0, 0.05) is 21.7 Å². The average Bonchev–Trinajstić information content (AvgIpc) is 2.39. The largest absolute Gasteiger partial charge is 0.381 e. The predicted molar refractivity (Wildman–Crippen MR) is 81.4 cm³/mol. The summed E-state index contributed by atoms with van der Waals surface area (Å²) in [5.41, 5.74) is 6.44. The van der Waals surface area contributed by atoms with Gasteiger partial charge in [0.15, 0.2) is 0 Å². The van der Waals surface area contributed by atoms with Gasteiger partial charge in [-0.2, -0.15) is 0 Å². The molecule has 104 valence electrons. The Morgan fingerprint density at radius 2 is 2.05 bits per heavy atom. The quantitative estimate of drug-likeness (QED) is 0.870. The minimum Gasteiger partial charge on any atom is -0.381 e. The molecule has 2 aromatic carbocycles. The first kappa shape index (κ1) is 14.8. The van der Waals surface area contributed by atoms with E-state index in [1.165, 1.54) is 18.2 Å². The second kappa shape index (κ2) is 6.24. The van der Waals surface area contributed by atoms with Gasteiger partial charge >= 0.3 is 0 Å². The van der Waals surface area contributed by atoms with E-state index in [-0.39, 0.29) is 5.56 Å². The monoisotopic (exact) mass is 356 g/mol. The number of nitrogens with two attached hydrogens (primary N) is 1. The molecule has 0 spiro atoms. The van der Waals surface area contributed by atoms with Crippen molar-refractivity contribution in [1.82, 2.24) is 0 Å². The van der Waals surface area contributed by atoms with Crippen molar-refractivity contribution >= 4 is 39.1 Å². The van der Waals surface area contributed by atoms with Gasteiger partial charge in [0.1, 0.15) is 5.82 Å². The molecule has 0 aliphatic heterocycles. The molecule has 0 fully saturated rings. The third kappa shape index (κ3) is 3.49. The second-order valence-corrected chi connectivity index (χ2v) is 5.47. The van der Waals surface area contributed by atoms with Gasteiger partial charge in [0.25, 0.3) is 5.91 Å². The van der Waals surface area contributed by atoms with E-state index in [1.807, 2.05) is 12.1 Å². The normalized spacial score (nSPS) is 10.3. The number of hydrogen-bond acceptors (Lipinski definition) is 2. The second-order valence-electron chi connectivity index (χ2n) is 4.15. The molecule has 0 bridgehead atoms. The zero-order valence-corrected chi connectivity index (χ0v) is 12.6. The lowest BCUT2D eigenvalue weighted by atomic mass is 10.1. The molecule has 2 rings (SSSR count). The van der Waals surface area contributed by atoms with E-state index < -0.39 is 11.7 Å². The summed E-state index contributed by atoms with van der Waals surface area (Å²) in [6.45, 7) is 0.454. The first-order valence-electron chi connectivity index (χ1n) is 5.74. The molecule has 0 atom stereocenters. The summed E-state index contributed by atoms with van der Waals surface area (Å²) in [6, 6.07) is 9.66. The third-order valence-corrected chi connectivity index (χ3v) is 3.57. The van der Waals surface area contributed by atoms with Crippen molar-refractivity contribution < 1.29 is 9.18 Å². The number of rotatable bonds is 4. The highest BCUT2D eigenvalue weighted by Gasteiger charge is 2.09. The number of primary amides is 1. The van der Waals surface area contributed by atoms with Gasteiger partial charge in [-0.3, -0.25) is 4.79 Å². The van der Waals surface area contributed by atoms with E-state index in [4.69, 9.17) is 17.3 Å². The highest BCUT2D eigenvalue weighted by atomic mass is 79.9. The van der Waals surface area contributed by atoms with Gasteiger partial charge in [0.2, 0.25) is 0 Å². The Morgan fingerprint density at radius 1 is 1.30 bits per heavy atom. The Hall–Kier alpha value is -1.59. The number of benzene rings is 2. The van der Waals surface area contributed by atoms with Gasteiger partial charge in [-0.15, -0.1) is 0 Å². The number of nitrogens with one attached hydrogen (secondary N) is 1. The third-order valence-electron chi connectivity index (χ3n) is 2.73. The highest BCUT2D eigenvalue weighted by Crippen LogP contribution is 2.23. The topological polar surface area (TPSA) is 55.1 Å². The van der Waals surface area contributed by atoms with Crippen LogP contribution in [0.1, 0.15) is 15.9 Å². The lowest BCUT2D eigenvalue weighted by molar-refractivity contribution is 0.0996. The summed E-state index contributed by atoms with van der Waals surface area (Å²) in [7, 11) is 0. The minimum absolute atomic E-state index is 0.142. The van der Waals surface area contributed by atoms with E-state index in [9.17, 15) is 9.18 Å². The zero-order chi connectivity index (χ0) is 14.7. The van der Waals surface area contributed by atoms with Crippen LogP contribution >= 0.6 is 27.5 Å². The molecule has 20 heavy (non-hydrogen) atoms. The molecule has 0 unspecified atom stereocenters. The van der Waals surface area contributed by atoms with Crippen LogP contribution in [0.4, 0.5) is 10.1 Å². The minimum atomic E-state index is -0.798. The molecular formula is C14H11BrClFN2O. The van der Waals surface area contributed by atoms with E-state index in [2.05, 4.69) is 21.2 Å². The van der Waals surface area contributed by atoms with Gasteiger partial charge in [-0.1, -0.05) is 33.6 Å². The zero-order valence-electron chi connectivity index (χ0n) is 10.3. The van der Waals surface area contributed by atoms with Crippen molar-refractivity contribution in [3.8, 4) is 0 Å². The van der Waals surface area contributed by atoms with Crippen molar-refractivity contribution in [1.29, 1.82) is 0 Å². The average molecular weight is 358 g/mol. The fraction of sp³-hybridized carbons (Fsp3) is 0.0714. The number of carbonyl (C=O) groups excluding carboxylic acids is 1. The summed E-state index contributed by atoms with van der Waals surface area (Å²) in [4.78, 5) is 11.1. The summed E-state index contributed by atoms with van der Waals surface area (Å²) in [5, 5.41) is 3.68. The molecule has 3 N–H and O–H groups in total. The Bertz CT molecular complexity index is 664. The summed E-state index contributed by atoms with van der Waals surface area (Å²) in [5.74, 6) is -1.43. The van der Waals surface area contributed by atoms with E-state index >= 15 is 0 Å². The van der Waals surface area contributed by atoms with E-state index in [0.29, 0.717) is 17.3 Å². The summed E-state index contributed by atoms with van der Waals surface area (Å²) < 4.78 is 14.2. The molecule has 0 saturated carbocycles. The van der Waals surface area contributed by atoms with Crippen LogP contribution in [0.25, 0.3) is 0 Å². The van der Waals surface area contributed by atoms with E-state index in [0.717, 1.165) is 10.0 Å². The molecule has 0 aromatic heterocycles. The SMILES string of the molecule is NC(=O)c1cc(NCc2ccc(Br)cc2Cl)ccc1F. The lowest BCUT2D eigenvalue weighted by Crippen LogP contribution is -2.13. The van der Waals surface area contributed by atoms with Crippen LogP contribution in [0.2, 0.25) is 5.02 Å². The van der Waals surface area contributed by atoms with Crippen LogP contribution in [0.5, 0.6) is 0 Å². The van der Waals surface area contributed by atoms with Crippen molar-refractivity contribution in [2.45, 2.75) is 6.54 Å². The van der Waals surface area contributed by atoms with Crippen LogP contribution in [-0.4, -0.2) is 5.91 Å². The predicted octanol–water partition coefficient (Wildman–Crippen LogP) is 3.95. The van der Waals surface area contributed by atoms with Crippen LogP contribution in [0.15, 0.2) is 40.9 Å². The summed E-state index contributed by atoms with van der Waals surface area (Å²) >= 11 is 9.43. The number of carbonyl (C=O) groups is 1. The van der Waals surface area contributed by atoms with Gasteiger partial charge in [-0.05, 0) is 35.9 Å². The molecule has 0 aliphatic carbocycles. The van der Waals surface area contributed by atoms with Crippen LogP contribution in [0, 0.1) is 5.82 Å². The lowest BCUT2D eigenvalue weighted by Gasteiger charge is -2.09. The fourth-order valence-corrected chi connectivity index (χ4v) is 2.43. The van der Waals surface area contributed by atoms with E-state index in [1.54, 1.807) is 6.07 Å². The van der Waals surface area contributed by atoms with Crippen LogP contribution < -0.4 is 11.1 Å². The van der Waals surface area contributed by atoms with Crippen molar-refractivity contribution in [2.75, 3.05) is 5.32 Å². The summed E-state index contributed by atoms with van der Waals surface area (Å²) in [6.07, 6.45) is 0. The number of amides is 1. The molecule has 0 aliphatic rings. The Labute approximate surface area is 129 Å². The molecular weight excluding hydrogens is 347 g/mol. The number of anilines is 1. The molecule has 2 aromatic rings. The molecule has 6 heteroatoms. The standard InChI is InChI=1S/C14H11BrClFN2O/c15-9-2-1-8(12(16)5-9)7-19-10-3-4-13(17)11(6-10)14(18)20/h1-6,19H,7H2,(H2,18,20). The maximum atomic E-state index is 13.3. The van der Waals surface area contributed by atoms with Crippen molar-refractivity contribution in [3.05, 3.63) is 62.8 Å². The first-order chi connectivity index (χ1) is 9.47. The highest BCUT2D eigenvalue weighted by molar-refractivity contribution is 9.10. The van der Waals surface area contributed by atoms with Crippen molar-refractivity contribution in [2.24, 2.45) is 5.73 Å². The van der Waals surface area contributed by atoms with Gasteiger partial charge in [0.05, 0.1) is 5.56 Å². The Balaban J connectivity index is 2.15. The van der Waals surface area contributed by atoms with Gasteiger partial charge in [-0.25, -0.2) is 4.39 Å². The Morgan fingerprint density at radius 3 is 2.70 bits per heavy atom. The maximum Gasteiger partial charge on any atom is 0.251 e. The number of hydrogen-bond donors (Lipinski definition) is 2. The molecule has 1 amide bonds. The van der Waals surface area contributed by atoms with Crippen molar-refractivity contribution in [3.63, 3.8) is 0 Å². The number of halogens is 3. The fourth-order valence-electron chi connectivity index (χ4n) is 1.69. The molecule has 0 saturated heterocycles. The molecule has 0 radical (unpaired) electrons. The Kier molecular flexibility index (Phi) is 4.62. The molecule has 0 heterocycles. The molecule has 3 nitrogen and oxygen atoms in total. The maximum absolute atomic E-state index is 13.3. The smallest absolute Gasteiger partial charge is 0.251 e.